The van der Waals surface area contributed by atoms with Crippen LogP contribution in [0, 0.1) is 6.92 Å². The van der Waals surface area contributed by atoms with E-state index in [4.69, 9.17) is 11.6 Å². The number of carbonyl (C=O) groups is 1. The molecule has 1 heterocycles. The van der Waals surface area contributed by atoms with E-state index in [1.165, 1.54) is 0 Å². The van der Waals surface area contributed by atoms with Crippen molar-refractivity contribution in [1.82, 2.24) is 20.5 Å². The number of benzene rings is 1. The summed E-state index contributed by atoms with van der Waals surface area (Å²) in [6.45, 7) is 6.37. The van der Waals surface area contributed by atoms with Crippen molar-refractivity contribution in [2.24, 2.45) is 4.99 Å². The molecule has 27 heavy (non-hydrogen) atoms. The first-order chi connectivity index (χ1) is 12.5. The second kappa shape index (κ2) is 12.1. The second-order valence-corrected chi connectivity index (χ2v) is 7.15. The summed E-state index contributed by atoms with van der Waals surface area (Å²) in [4.78, 5) is 23.2. The minimum absolute atomic E-state index is 0. The summed E-state index contributed by atoms with van der Waals surface area (Å²) in [6.07, 6.45) is 0. The Labute approximate surface area is 186 Å². The number of carbonyl (C=O) groups excluding carboxylic acids is 1. The molecule has 0 aliphatic rings. The van der Waals surface area contributed by atoms with Gasteiger partial charge in [0.05, 0.1) is 34.4 Å². The maximum absolute atomic E-state index is 12.1. The summed E-state index contributed by atoms with van der Waals surface area (Å²) < 4.78 is 0. The molecule has 2 aromatic rings. The molecule has 0 aliphatic carbocycles. The number of nitrogens with one attached hydrogen (secondary N) is 2. The fourth-order valence-electron chi connectivity index (χ4n) is 2.34. The third-order valence-electron chi connectivity index (χ3n) is 3.54. The van der Waals surface area contributed by atoms with Crippen LogP contribution in [0.2, 0.25) is 5.02 Å². The Hall–Kier alpha value is -1.39. The quantitative estimate of drug-likeness (QED) is 0.253. The highest BCUT2D eigenvalue weighted by atomic mass is 127. The van der Waals surface area contributed by atoms with Crippen molar-refractivity contribution in [1.29, 1.82) is 0 Å². The molecule has 0 saturated heterocycles. The lowest BCUT2D eigenvalue weighted by Gasteiger charge is -2.21. The van der Waals surface area contributed by atoms with Crippen molar-refractivity contribution >= 4 is 58.8 Å². The first-order valence-electron chi connectivity index (χ1n) is 8.44. The highest BCUT2D eigenvalue weighted by molar-refractivity contribution is 14.0. The van der Waals surface area contributed by atoms with Gasteiger partial charge in [-0.25, -0.2) is 4.98 Å². The van der Waals surface area contributed by atoms with E-state index < -0.39 is 0 Å². The van der Waals surface area contributed by atoms with Crippen LogP contribution >= 0.6 is 46.9 Å². The highest BCUT2D eigenvalue weighted by Crippen LogP contribution is 2.14. The summed E-state index contributed by atoms with van der Waals surface area (Å²) in [7, 11) is 1.97. The van der Waals surface area contributed by atoms with Crippen LogP contribution in [0.25, 0.3) is 0 Å². The van der Waals surface area contributed by atoms with Crippen LogP contribution in [-0.2, 0) is 6.54 Å². The normalized spacial score (nSPS) is 10.9. The molecule has 0 fully saturated rings. The van der Waals surface area contributed by atoms with Gasteiger partial charge in [-0.15, -0.1) is 35.3 Å². The Morgan fingerprint density at radius 2 is 2.07 bits per heavy atom. The zero-order chi connectivity index (χ0) is 18.9. The third-order valence-corrected chi connectivity index (χ3v) is 4.69. The van der Waals surface area contributed by atoms with Gasteiger partial charge in [0.15, 0.2) is 5.96 Å². The summed E-state index contributed by atoms with van der Waals surface area (Å²) in [5.41, 5.74) is 1.49. The molecule has 0 radical (unpaired) electrons. The Bertz CT molecular complexity index is 768. The zero-order valence-electron chi connectivity index (χ0n) is 15.7. The lowest BCUT2D eigenvalue weighted by Crippen LogP contribution is -2.39. The van der Waals surface area contributed by atoms with Crippen LogP contribution in [0.3, 0.4) is 0 Å². The van der Waals surface area contributed by atoms with E-state index in [-0.39, 0.29) is 29.9 Å². The molecule has 148 valence electrons. The van der Waals surface area contributed by atoms with Crippen molar-refractivity contribution in [3.05, 3.63) is 50.9 Å². The maximum Gasteiger partial charge on any atom is 0.252 e. The Balaban J connectivity index is 0.00000364. The van der Waals surface area contributed by atoms with Gasteiger partial charge in [0.1, 0.15) is 0 Å². The number of nitrogens with zero attached hydrogens (tertiary/aromatic N) is 3. The number of guanidine groups is 1. The predicted molar refractivity (Wildman–Crippen MR) is 123 cm³/mol. The summed E-state index contributed by atoms with van der Waals surface area (Å²) in [5.74, 6) is 0.590. The standard InChI is InChI=1S/C18H24ClN5OS.HI/c1-4-20-18(24(3)11-14-12-26-13(2)23-14)22-10-9-21-17(25)15-7-5-6-8-16(15)19;/h5-8,12H,4,9-11H2,1-3H3,(H,20,22)(H,21,25);1H. The minimum Gasteiger partial charge on any atom is -0.357 e. The molecular formula is C18H25ClIN5OS. The number of amides is 1. The molecule has 2 N–H and O–H groups in total. The predicted octanol–water partition coefficient (Wildman–Crippen LogP) is 3.55. The van der Waals surface area contributed by atoms with Crippen molar-refractivity contribution in [2.75, 3.05) is 26.7 Å². The molecule has 9 heteroatoms. The largest absolute Gasteiger partial charge is 0.357 e. The smallest absolute Gasteiger partial charge is 0.252 e. The fraction of sp³-hybridized carbons (Fsp3) is 0.389. The molecule has 0 unspecified atom stereocenters. The highest BCUT2D eigenvalue weighted by Gasteiger charge is 2.10. The van der Waals surface area contributed by atoms with E-state index >= 15 is 0 Å². The van der Waals surface area contributed by atoms with Gasteiger partial charge in [0.2, 0.25) is 0 Å². The zero-order valence-corrected chi connectivity index (χ0v) is 19.6. The summed E-state index contributed by atoms with van der Waals surface area (Å²) in [6, 6.07) is 6.99. The monoisotopic (exact) mass is 521 g/mol. The van der Waals surface area contributed by atoms with Gasteiger partial charge in [0.25, 0.3) is 5.91 Å². The summed E-state index contributed by atoms with van der Waals surface area (Å²) in [5, 5.41) is 9.65. The molecule has 0 aliphatic heterocycles. The topological polar surface area (TPSA) is 69.6 Å². The van der Waals surface area contributed by atoms with Crippen molar-refractivity contribution in [3.8, 4) is 0 Å². The van der Waals surface area contributed by atoms with Crippen LogP contribution in [0.1, 0.15) is 28.0 Å². The molecule has 1 aromatic heterocycles. The number of aliphatic imine (C=N–C) groups is 1. The van der Waals surface area contributed by atoms with E-state index in [2.05, 4.69) is 26.0 Å². The van der Waals surface area contributed by atoms with Gasteiger partial charge in [0, 0.05) is 25.5 Å². The first kappa shape index (κ1) is 23.6. The van der Waals surface area contributed by atoms with E-state index in [9.17, 15) is 4.79 Å². The van der Waals surface area contributed by atoms with Crippen LogP contribution in [0.15, 0.2) is 34.6 Å². The molecule has 2 rings (SSSR count). The van der Waals surface area contributed by atoms with E-state index in [0.29, 0.717) is 30.2 Å². The van der Waals surface area contributed by atoms with Gasteiger partial charge in [-0.05, 0) is 26.0 Å². The number of hydrogen-bond donors (Lipinski definition) is 2. The van der Waals surface area contributed by atoms with Crippen LogP contribution in [0.4, 0.5) is 0 Å². The fourth-order valence-corrected chi connectivity index (χ4v) is 3.17. The second-order valence-electron chi connectivity index (χ2n) is 5.69. The number of halogens is 2. The average molecular weight is 522 g/mol. The molecular weight excluding hydrogens is 497 g/mol. The molecule has 1 aromatic carbocycles. The molecule has 6 nitrogen and oxygen atoms in total. The van der Waals surface area contributed by atoms with E-state index in [1.54, 1.807) is 35.6 Å². The first-order valence-corrected chi connectivity index (χ1v) is 9.70. The number of aryl methyl sites for hydroxylation is 1. The van der Waals surface area contributed by atoms with E-state index in [1.807, 2.05) is 25.8 Å². The van der Waals surface area contributed by atoms with Crippen molar-refractivity contribution in [3.63, 3.8) is 0 Å². The minimum atomic E-state index is -0.192. The Morgan fingerprint density at radius 1 is 1.33 bits per heavy atom. The molecule has 0 saturated carbocycles. The van der Waals surface area contributed by atoms with Gasteiger partial charge in [-0.3, -0.25) is 9.79 Å². The third kappa shape index (κ3) is 7.63. The Kier molecular flexibility index (Phi) is 10.6. The van der Waals surface area contributed by atoms with Crippen LogP contribution in [-0.4, -0.2) is 48.4 Å². The SMILES string of the molecule is CCNC(=NCCNC(=O)c1ccccc1Cl)N(C)Cc1csc(C)n1.I. The van der Waals surface area contributed by atoms with Crippen molar-refractivity contribution in [2.45, 2.75) is 20.4 Å². The average Bonchev–Trinajstić information content (AvgIpc) is 3.02. The van der Waals surface area contributed by atoms with Crippen molar-refractivity contribution < 1.29 is 4.79 Å². The van der Waals surface area contributed by atoms with E-state index in [0.717, 1.165) is 23.2 Å². The van der Waals surface area contributed by atoms with Gasteiger partial charge in [-0.1, -0.05) is 23.7 Å². The van der Waals surface area contributed by atoms with Crippen LogP contribution in [0.5, 0.6) is 0 Å². The van der Waals surface area contributed by atoms with Gasteiger partial charge >= 0.3 is 0 Å². The maximum atomic E-state index is 12.1. The molecule has 0 spiro atoms. The number of thiazole rings is 1. The lowest BCUT2D eigenvalue weighted by atomic mass is 10.2. The van der Waals surface area contributed by atoms with Gasteiger partial charge < -0.3 is 15.5 Å². The number of aromatic nitrogens is 1. The molecule has 1 amide bonds. The number of hydrogen-bond acceptors (Lipinski definition) is 4. The number of rotatable bonds is 7. The molecule has 0 bridgehead atoms. The lowest BCUT2D eigenvalue weighted by molar-refractivity contribution is 0.0955. The molecule has 0 atom stereocenters. The Morgan fingerprint density at radius 3 is 2.70 bits per heavy atom. The summed E-state index contributed by atoms with van der Waals surface area (Å²) >= 11 is 7.67. The van der Waals surface area contributed by atoms with Gasteiger partial charge in [-0.2, -0.15) is 0 Å². The van der Waals surface area contributed by atoms with Crippen LogP contribution < -0.4 is 10.6 Å².